The predicted molar refractivity (Wildman–Crippen MR) is 65.3 cm³/mol. The summed E-state index contributed by atoms with van der Waals surface area (Å²) in [5, 5.41) is 3.03. The molecular weight excluding hydrogens is 202 g/mol. The summed E-state index contributed by atoms with van der Waals surface area (Å²) < 4.78 is 5.32. The van der Waals surface area contributed by atoms with Crippen LogP contribution in [0.4, 0.5) is 0 Å². The van der Waals surface area contributed by atoms with Gasteiger partial charge < -0.3 is 10.1 Å². The highest BCUT2D eigenvalue weighted by atomic mass is 16.5. The predicted octanol–water partition coefficient (Wildman–Crippen LogP) is 2.50. The fourth-order valence-electron chi connectivity index (χ4n) is 2.03. The third-order valence-electron chi connectivity index (χ3n) is 2.99. The zero-order valence-electron chi connectivity index (χ0n) is 10.8. The van der Waals surface area contributed by atoms with Crippen LogP contribution in [0.5, 0.6) is 0 Å². The molecule has 3 heteroatoms. The van der Waals surface area contributed by atoms with Crippen LogP contribution in [0.3, 0.4) is 0 Å². The van der Waals surface area contributed by atoms with Crippen molar-refractivity contribution in [3.8, 4) is 0 Å². The monoisotopic (exact) mass is 227 g/mol. The Bertz CT molecular complexity index is 208. The average molecular weight is 227 g/mol. The molecule has 2 fully saturated rings. The molecule has 1 aliphatic heterocycles. The van der Waals surface area contributed by atoms with E-state index in [2.05, 4.69) is 12.2 Å². The molecule has 2 atom stereocenters. The average Bonchev–Trinajstić information content (AvgIpc) is 2.92. The van der Waals surface area contributed by atoms with E-state index in [0.717, 1.165) is 31.8 Å². The number of amides is 1. The second-order valence-corrected chi connectivity index (χ2v) is 4.59. The van der Waals surface area contributed by atoms with Crippen molar-refractivity contribution in [1.82, 2.24) is 5.32 Å². The summed E-state index contributed by atoms with van der Waals surface area (Å²) in [5.41, 5.74) is 0. The molecular formula is C13H25NO2. The van der Waals surface area contributed by atoms with Gasteiger partial charge in [-0.25, -0.2) is 0 Å². The Morgan fingerprint density at radius 3 is 2.56 bits per heavy atom. The number of nitrogens with one attached hydrogen (secondary N) is 1. The molecule has 3 nitrogen and oxygen atoms in total. The first-order valence-electron chi connectivity index (χ1n) is 6.67. The lowest BCUT2D eigenvalue weighted by atomic mass is 10.1. The highest BCUT2D eigenvalue weighted by Crippen LogP contribution is 2.33. The van der Waals surface area contributed by atoms with Gasteiger partial charge in [-0.2, -0.15) is 0 Å². The molecule has 94 valence electrons. The first-order valence-corrected chi connectivity index (χ1v) is 6.67. The van der Waals surface area contributed by atoms with Crippen molar-refractivity contribution >= 4 is 5.91 Å². The highest BCUT2D eigenvalue weighted by Gasteiger charge is 2.27. The summed E-state index contributed by atoms with van der Waals surface area (Å²) in [4.78, 5) is 11.6. The second-order valence-electron chi connectivity index (χ2n) is 4.59. The van der Waals surface area contributed by atoms with Gasteiger partial charge in [-0.1, -0.05) is 26.7 Å². The van der Waals surface area contributed by atoms with Crippen molar-refractivity contribution in [2.45, 2.75) is 65.0 Å². The third kappa shape index (κ3) is 4.52. The van der Waals surface area contributed by atoms with Crippen molar-refractivity contribution in [3.05, 3.63) is 0 Å². The molecule has 1 N–H and O–H groups in total. The van der Waals surface area contributed by atoms with Gasteiger partial charge in [0, 0.05) is 12.6 Å². The van der Waals surface area contributed by atoms with Gasteiger partial charge in [0.15, 0.2) is 0 Å². The molecule has 2 rings (SSSR count). The fourth-order valence-corrected chi connectivity index (χ4v) is 2.03. The molecule has 16 heavy (non-hydrogen) atoms. The molecule has 0 aromatic carbocycles. The van der Waals surface area contributed by atoms with Crippen molar-refractivity contribution < 1.29 is 9.53 Å². The largest absolute Gasteiger partial charge is 0.368 e. The third-order valence-corrected chi connectivity index (χ3v) is 2.99. The number of hydrogen-bond donors (Lipinski definition) is 1. The lowest BCUT2D eigenvalue weighted by Crippen LogP contribution is -2.39. The summed E-state index contributed by atoms with van der Waals surface area (Å²) >= 11 is 0. The van der Waals surface area contributed by atoms with E-state index in [4.69, 9.17) is 4.74 Å². The summed E-state index contributed by atoms with van der Waals surface area (Å²) in [5.74, 6) is 0.963. The van der Waals surface area contributed by atoms with E-state index in [0.29, 0.717) is 6.04 Å². The van der Waals surface area contributed by atoms with Gasteiger partial charge in [0.1, 0.15) is 6.10 Å². The van der Waals surface area contributed by atoms with Crippen molar-refractivity contribution in [3.63, 3.8) is 0 Å². The lowest BCUT2D eigenvalue weighted by Gasteiger charge is -2.16. The van der Waals surface area contributed by atoms with Crippen LogP contribution < -0.4 is 5.32 Å². The maximum absolute atomic E-state index is 11.6. The van der Waals surface area contributed by atoms with Crippen LogP contribution >= 0.6 is 0 Å². The molecule has 0 aromatic rings. The van der Waals surface area contributed by atoms with E-state index in [1.165, 1.54) is 12.8 Å². The molecule has 1 aliphatic carbocycles. The van der Waals surface area contributed by atoms with E-state index >= 15 is 0 Å². The number of hydrogen-bond acceptors (Lipinski definition) is 2. The number of ether oxygens (including phenoxy) is 1. The number of carbonyl (C=O) groups excluding carboxylic acids is 1. The first kappa shape index (κ1) is 13.5. The lowest BCUT2D eigenvalue weighted by molar-refractivity contribution is -0.130. The minimum Gasteiger partial charge on any atom is -0.368 e. The maximum atomic E-state index is 11.6. The van der Waals surface area contributed by atoms with Crippen LogP contribution in [-0.2, 0) is 9.53 Å². The summed E-state index contributed by atoms with van der Waals surface area (Å²) in [6.45, 7) is 6.83. The van der Waals surface area contributed by atoms with Gasteiger partial charge in [-0.05, 0) is 32.1 Å². The summed E-state index contributed by atoms with van der Waals surface area (Å²) in [7, 11) is 0. The van der Waals surface area contributed by atoms with E-state index < -0.39 is 0 Å². The Labute approximate surface area is 98.9 Å². The Morgan fingerprint density at radius 2 is 2.06 bits per heavy atom. The van der Waals surface area contributed by atoms with Crippen LogP contribution in [0.25, 0.3) is 0 Å². The number of carbonyl (C=O) groups is 1. The van der Waals surface area contributed by atoms with E-state index in [1.807, 2.05) is 13.8 Å². The van der Waals surface area contributed by atoms with Crippen LogP contribution in [0.2, 0.25) is 0 Å². The molecule has 1 amide bonds. The van der Waals surface area contributed by atoms with Crippen molar-refractivity contribution in [2.24, 2.45) is 5.92 Å². The smallest absolute Gasteiger partial charge is 0.249 e. The summed E-state index contributed by atoms with van der Waals surface area (Å²) in [6.07, 6.45) is 5.58. The SMILES string of the molecule is CC.CC(CC1CC1)NC(=O)C1CCCO1. The molecule has 1 saturated carbocycles. The van der Waals surface area contributed by atoms with Gasteiger partial charge in [-0.15, -0.1) is 0 Å². The van der Waals surface area contributed by atoms with Crippen LogP contribution in [-0.4, -0.2) is 24.7 Å². The molecule has 0 bridgehead atoms. The molecule has 1 heterocycles. The molecule has 0 aromatic heterocycles. The maximum Gasteiger partial charge on any atom is 0.249 e. The van der Waals surface area contributed by atoms with Gasteiger partial charge in [-0.3, -0.25) is 4.79 Å². The minimum absolute atomic E-state index is 0.0932. The van der Waals surface area contributed by atoms with Crippen LogP contribution in [0.1, 0.15) is 52.9 Å². The Hall–Kier alpha value is -0.570. The molecule has 2 unspecified atom stereocenters. The molecule has 1 saturated heterocycles. The topological polar surface area (TPSA) is 38.3 Å². The van der Waals surface area contributed by atoms with Gasteiger partial charge in [0.05, 0.1) is 0 Å². The van der Waals surface area contributed by atoms with Gasteiger partial charge in [0.2, 0.25) is 5.91 Å². The second kappa shape index (κ2) is 6.89. The van der Waals surface area contributed by atoms with Crippen molar-refractivity contribution in [1.29, 1.82) is 0 Å². The van der Waals surface area contributed by atoms with E-state index in [-0.39, 0.29) is 12.0 Å². The zero-order valence-corrected chi connectivity index (χ0v) is 10.8. The first-order chi connectivity index (χ1) is 7.75. The molecule has 0 radical (unpaired) electrons. The Kier molecular flexibility index (Phi) is 5.81. The zero-order chi connectivity index (χ0) is 12.0. The van der Waals surface area contributed by atoms with E-state index in [9.17, 15) is 4.79 Å². The van der Waals surface area contributed by atoms with E-state index in [1.54, 1.807) is 0 Å². The van der Waals surface area contributed by atoms with Crippen molar-refractivity contribution in [2.75, 3.05) is 6.61 Å². The highest BCUT2D eigenvalue weighted by molar-refractivity contribution is 5.81. The molecule has 2 aliphatic rings. The Morgan fingerprint density at radius 1 is 1.38 bits per heavy atom. The fraction of sp³-hybridized carbons (Fsp3) is 0.923. The Balaban J connectivity index is 0.000000606. The van der Waals surface area contributed by atoms with Gasteiger partial charge >= 0.3 is 0 Å². The number of rotatable bonds is 4. The standard InChI is InChI=1S/C11H19NO2.C2H6/c1-8(7-9-4-5-9)12-11(13)10-3-2-6-14-10;1-2/h8-10H,2-7H2,1H3,(H,12,13);1-2H3. The van der Waals surface area contributed by atoms with Crippen LogP contribution in [0.15, 0.2) is 0 Å². The normalized spacial score (nSPS) is 25.6. The molecule has 0 spiro atoms. The summed E-state index contributed by atoms with van der Waals surface area (Å²) in [6, 6.07) is 0.319. The van der Waals surface area contributed by atoms with Gasteiger partial charge in [0.25, 0.3) is 0 Å². The minimum atomic E-state index is -0.170. The van der Waals surface area contributed by atoms with Crippen LogP contribution in [0, 0.1) is 5.92 Å². The quantitative estimate of drug-likeness (QED) is 0.801.